The van der Waals surface area contributed by atoms with Gasteiger partial charge in [-0.1, -0.05) is 19.1 Å². The van der Waals surface area contributed by atoms with E-state index in [0.717, 1.165) is 44.5 Å². The molecule has 10 heterocycles. The van der Waals surface area contributed by atoms with Crippen LogP contribution in [0.2, 0.25) is 0 Å². The number of nitriles is 2. The molecule has 23 nitrogen and oxygen atoms in total. The van der Waals surface area contributed by atoms with Gasteiger partial charge in [0.15, 0.2) is 46.0 Å². The SMILES string of the molecule is COc1c(C)cc2c(c1O)[C@@H]1C3[C@@H]4SC[C@H](C)C(=O)OC[C@@H](c5c6c(c(C)c(OC(C)=O)c54)OCO6)N3[C@@H](C#N)[C@H](C2)N1C.COc1c(C)cc2c(c1O)[C@@H]1C3[C@@H]4SC[C@H](N)C(=O)OC[C@@H](c5c6c(c(C)c(OC(C)=O)c54)OCO6)N3[C@@H](C#N)[C@H](C2)N1C. The van der Waals surface area contributed by atoms with Crippen LogP contribution in [0.1, 0.15) is 122 Å². The van der Waals surface area contributed by atoms with Crippen LogP contribution in [0.15, 0.2) is 12.1 Å². The second-order valence-electron chi connectivity index (χ2n) is 24.3. The van der Waals surface area contributed by atoms with E-state index in [0.29, 0.717) is 86.8 Å². The zero-order valence-corrected chi connectivity index (χ0v) is 52.2. The summed E-state index contributed by atoms with van der Waals surface area (Å²) in [5, 5.41) is 44.3. The zero-order chi connectivity index (χ0) is 62.4. The second kappa shape index (κ2) is 22.3. The maximum Gasteiger partial charge on any atom is 0.323 e. The molecule has 0 aromatic heterocycles. The maximum absolute atomic E-state index is 13.1. The average molecular weight is 1240 g/mol. The Balaban J connectivity index is 0.000000162. The molecule has 4 fully saturated rings. The number of phenolic OH excluding ortho intramolecular Hbond substituents is 2. The molecule has 464 valence electrons. The van der Waals surface area contributed by atoms with Crippen molar-refractivity contribution in [1.29, 1.82) is 10.5 Å². The Kier molecular flexibility index (Phi) is 15.1. The number of hydrogen-bond acceptors (Lipinski definition) is 25. The predicted molar refractivity (Wildman–Crippen MR) is 317 cm³/mol. The van der Waals surface area contributed by atoms with Crippen LogP contribution in [0.4, 0.5) is 0 Å². The van der Waals surface area contributed by atoms with Gasteiger partial charge in [-0.2, -0.15) is 22.3 Å². The average Bonchev–Trinajstić information content (AvgIpc) is 0.814. The Morgan fingerprint density at radius 2 is 1.02 bits per heavy atom. The number of cyclic esters (lactones) is 2. The summed E-state index contributed by atoms with van der Waals surface area (Å²) in [6, 6.07) is 3.86. The third-order valence-electron chi connectivity index (χ3n) is 19.6. The standard InChI is InChI=1S/C32H35N3O8S.C31H34N4O8S/c1-13-7-17-8-18-19(9-33)35-20-10-40-32(38)14(2)11-44-31(25(35)24(34(18)5)21(17)26(37)27(13)39-6)23-22(20)30-29(41-12-42-30)15(3)28(23)43-16(4)36;1-12-6-15-7-17-18(8-32)35-19-9-40-31(38)16(33)10-44-30(24(35)23(34(17)4)20(15)25(37)26(12)39-5)22-21(19)29-28(41-11-42-29)13(2)27(22)43-14(3)36/h7,14,18-20,24-25,31,37H,8,10-12H2,1-6H3;6,16-19,23-24,30,37H,7,9-11,33H2,1-5H3/t14-,18-,19-,20-,24+,25?,31+;16-,17-,18-,19-,23+,24?,30+/m00/s1. The molecule has 0 spiro atoms. The van der Waals surface area contributed by atoms with Gasteiger partial charge in [-0.3, -0.25) is 38.8 Å². The Labute approximate surface area is 517 Å². The van der Waals surface area contributed by atoms with E-state index in [9.17, 15) is 39.9 Å². The first kappa shape index (κ1) is 59.6. The lowest BCUT2D eigenvalue weighted by Gasteiger charge is -2.61. The number of nitrogens with two attached hydrogens (primary N) is 1. The van der Waals surface area contributed by atoms with E-state index < -0.39 is 65.5 Å². The summed E-state index contributed by atoms with van der Waals surface area (Å²) in [6.45, 7) is 11.9. The first-order valence-corrected chi connectivity index (χ1v) is 31.4. The van der Waals surface area contributed by atoms with Gasteiger partial charge >= 0.3 is 23.9 Å². The minimum absolute atomic E-state index is 0.00697. The predicted octanol–water partition coefficient (Wildman–Crippen LogP) is 6.43. The molecule has 8 bridgehead atoms. The van der Waals surface area contributed by atoms with E-state index in [1.165, 1.54) is 32.7 Å². The smallest absolute Gasteiger partial charge is 0.323 e. The van der Waals surface area contributed by atoms with Crippen LogP contribution < -0.4 is 43.6 Å². The van der Waals surface area contributed by atoms with Gasteiger partial charge in [0.05, 0.1) is 66.9 Å². The molecule has 0 amide bonds. The van der Waals surface area contributed by atoms with Crippen molar-refractivity contribution in [2.45, 2.75) is 138 Å². The minimum atomic E-state index is -0.890. The third-order valence-corrected chi connectivity index (χ3v) is 22.5. The van der Waals surface area contributed by atoms with E-state index in [1.807, 2.05) is 54.8 Å². The Morgan fingerprint density at radius 3 is 1.43 bits per heavy atom. The summed E-state index contributed by atoms with van der Waals surface area (Å²) in [6.07, 6.45) is 1.06. The Morgan fingerprint density at radius 1 is 0.614 bits per heavy atom. The molecule has 0 saturated carbocycles. The van der Waals surface area contributed by atoms with Gasteiger partial charge in [0.1, 0.15) is 42.8 Å². The summed E-state index contributed by atoms with van der Waals surface area (Å²) in [5.41, 5.74) is 15.5. The van der Waals surface area contributed by atoms with Gasteiger partial charge in [-0.15, -0.1) is 11.8 Å². The number of phenols is 2. The van der Waals surface area contributed by atoms with Gasteiger partial charge in [-0.25, -0.2) is 0 Å². The number of rotatable bonds is 4. The van der Waals surface area contributed by atoms with Crippen molar-refractivity contribution in [3.63, 3.8) is 0 Å². The third kappa shape index (κ3) is 8.76. The summed E-state index contributed by atoms with van der Waals surface area (Å²) < 4.78 is 59.0. The number of ether oxygens (including phenoxy) is 10. The van der Waals surface area contributed by atoms with Crippen molar-refractivity contribution < 1.29 is 76.8 Å². The highest BCUT2D eigenvalue weighted by Gasteiger charge is 2.63. The highest BCUT2D eigenvalue weighted by molar-refractivity contribution is 7.99. The molecular weight excluding hydrogens is 1170 g/mol. The highest BCUT2D eigenvalue weighted by atomic mass is 32.2. The van der Waals surface area contributed by atoms with Gasteiger partial charge in [0.2, 0.25) is 13.6 Å². The molecule has 4 aromatic carbocycles. The highest BCUT2D eigenvalue weighted by Crippen LogP contribution is 2.67. The number of thioether (sulfide) groups is 2. The lowest BCUT2D eigenvalue weighted by Crippen LogP contribution is -2.69. The van der Waals surface area contributed by atoms with Gasteiger partial charge < -0.3 is 63.3 Å². The van der Waals surface area contributed by atoms with E-state index in [-0.39, 0.29) is 85.4 Å². The number of fused-ring (bicyclic) bond motifs is 18. The first-order chi connectivity index (χ1) is 42.2. The summed E-state index contributed by atoms with van der Waals surface area (Å²) in [7, 11) is 7.07. The quantitative estimate of drug-likeness (QED) is 0.147. The van der Waals surface area contributed by atoms with E-state index in [2.05, 4.69) is 37.8 Å². The molecule has 4 saturated heterocycles. The Bertz CT molecular complexity index is 3520. The van der Waals surface area contributed by atoms with E-state index in [1.54, 1.807) is 18.9 Å². The molecule has 88 heavy (non-hydrogen) atoms. The molecule has 10 aliphatic rings. The van der Waals surface area contributed by atoms with Gasteiger partial charge in [0, 0.05) is 94.0 Å². The fourth-order valence-electron chi connectivity index (χ4n) is 16.0. The van der Waals surface area contributed by atoms with Crippen molar-refractivity contribution >= 4 is 47.4 Å². The number of hydrogen-bond donors (Lipinski definition) is 3. The number of methoxy groups -OCH3 is 2. The van der Waals surface area contributed by atoms with Gasteiger partial charge in [-0.05, 0) is 76.9 Å². The maximum atomic E-state index is 13.1. The van der Waals surface area contributed by atoms with Gasteiger partial charge in [0.25, 0.3) is 0 Å². The minimum Gasteiger partial charge on any atom is -0.504 e. The van der Waals surface area contributed by atoms with Crippen LogP contribution in [-0.2, 0) is 41.5 Å². The number of aromatic hydroxyl groups is 2. The van der Waals surface area contributed by atoms with Crippen LogP contribution >= 0.6 is 23.5 Å². The van der Waals surface area contributed by atoms with Crippen molar-refractivity contribution in [2.75, 3.05) is 66.6 Å². The lowest BCUT2D eigenvalue weighted by atomic mass is 9.71. The molecule has 4 N–H and O–H groups in total. The van der Waals surface area contributed by atoms with Crippen molar-refractivity contribution in [1.82, 2.24) is 19.6 Å². The van der Waals surface area contributed by atoms with Crippen molar-refractivity contribution in [3.05, 3.63) is 78.9 Å². The number of likely N-dealkylation sites (N-methyl/N-ethyl adjacent to an activating group) is 2. The summed E-state index contributed by atoms with van der Waals surface area (Å²) >= 11 is 3.01. The van der Waals surface area contributed by atoms with Crippen LogP contribution in [0, 0.1) is 56.3 Å². The molecule has 4 aromatic rings. The van der Waals surface area contributed by atoms with Crippen molar-refractivity contribution in [3.8, 4) is 69.6 Å². The first-order valence-electron chi connectivity index (χ1n) is 29.3. The van der Waals surface area contributed by atoms with E-state index in [4.69, 9.17) is 53.1 Å². The summed E-state index contributed by atoms with van der Waals surface area (Å²) in [4.78, 5) is 59.8. The van der Waals surface area contributed by atoms with Crippen LogP contribution in [0.25, 0.3) is 0 Å². The molecule has 25 heteroatoms. The fraction of sp³-hybridized carbons (Fsp3) is 0.524. The molecule has 14 rings (SSSR count). The van der Waals surface area contributed by atoms with Crippen LogP contribution in [-0.4, -0.2) is 163 Å². The number of carbonyl (C=O) groups is 4. The number of carbonyl (C=O) groups excluding carboxylic acids is 4. The fourth-order valence-corrected chi connectivity index (χ4v) is 19.0. The topological polar surface area (TPSA) is 288 Å². The molecule has 10 aliphatic heterocycles. The summed E-state index contributed by atoms with van der Waals surface area (Å²) in [5.74, 6) is 2.13. The lowest BCUT2D eigenvalue weighted by molar-refractivity contribution is -0.153. The molecule has 2 unspecified atom stereocenters. The number of piperazine rings is 2. The second-order valence-corrected chi connectivity index (χ2v) is 26.6. The molecule has 0 aliphatic carbocycles. The van der Waals surface area contributed by atoms with Crippen molar-refractivity contribution in [2.24, 2.45) is 11.7 Å². The van der Waals surface area contributed by atoms with Crippen LogP contribution in [0.5, 0.6) is 57.5 Å². The zero-order valence-electron chi connectivity index (χ0n) is 50.6. The number of esters is 4. The molecule has 14 atom stereocenters. The van der Waals surface area contributed by atoms with Crippen LogP contribution in [0.3, 0.4) is 0 Å². The monoisotopic (exact) mass is 1240 g/mol. The molecular formula is C63H69N7O16S2. The molecule has 0 radical (unpaired) electrons. The Hall–Kier alpha value is -7.36. The number of nitrogens with zero attached hydrogens (tertiary/aromatic N) is 6. The normalized spacial score (nSPS) is 30.4. The number of benzene rings is 4. The van der Waals surface area contributed by atoms with E-state index >= 15 is 0 Å². The number of aryl methyl sites for hydroxylation is 2. The largest absolute Gasteiger partial charge is 0.504 e.